The van der Waals surface area contributed by atoms with Gasteiger partial charge in [0.25, 0.3) is 0 Å². The Morgan fingerprint density at radius 3 is 2.78 bits per heavy atom. The summed E-state index contributed by atoms with van der Waals surface area (Å²) in [6, 6.07) is 5.58. The van der Waals surface area contributed by atoms with E-state index in [1.165, 1.54) is 0 Å². The number of ether oxygens (including phenoxy) is 2. The number of rotatable bonds is 7. The van der Waals surface area contributed by atoms with Crippen molar-refractivity contribution in [2.75, 3.05) is 25.6 Å². The van der Waals surface area contributed by atoms with E-state index < -0.39 is 0 Å². The largest absolute Gasteiger partial charge is 0.497 e. The van der Waals surface area contributed by atoms with Crippen LogP contribution >= 0.6 is 12.2 Å². The van der Waals surface area contributed by atoms with Crippen molar-refractivity contribution in [1.82, 2.24) is 0 Å². The van der Waals surface area contributed by atoms with Gasteiger partial charge in [-0.05, 0) is 26.0 Å². The summed E-state index contributed by atoms with van der Waals surface area (Å²) in [7, 11) is 1.63. The van der Waals surface area contributed by atoms with Crippen LogP contribution in [0.1, 0.15) is 19.4 Å². The molecule has 4 nitrogen and oxygen atoms in total. The van der Waals surface area contributed by atoms with Crippen LogP contribution in [0.3, 0.4) is 0 Å². The molecule has 1 aromatic rings. The van der Waals surface area contributed by atoms with Crippen LogP contribution in [0, 0.1) is 0 Å². The van der Waals surface area contributed by atoms with Crippen LogP contribution in [0.5, 0.6) is 5.75 Å². The van der Waals surface area contributed by atoms with Gasteiger partial charge in [0.1, 0.15) is 10.7 Å². The van der Waals surface area contributed by atoms with Crippen LogP contribution in [0.25, 0.3) is 0 Å². The quantitative estimate of drug-likeness (QED) is 0.742. The van der Waals surface area contributed by atoms with Crippen LogP contribution in [0.2, 0.25) is 0 Å². The van der Waals surface area contributed by atoms with Gasteiger partial charge in [0.2, 0.25) is 0 Å². The molecule has 5 heteroatoms. The second-order valence-electron chi connectivity index (χ2n) is 3.92. The first-order valence-corrected chi connectivity index (χ1v) is 6.32. The molecule has 0 saturated carbocycles. The second-order valence-corrected chi connectivity index (χ2v) is 4.36. The Hall–Kier alpha value is -1.33. The first-order valence-electron chi connectivity index (χ1n) is 5.91. The lowest BCUT2D eigenvalue weighted by Gasteiger charge is -2.16. The van der Waals surface area contributed by atoms with Gasteiger partial charge in [0.15, 0.2) is 0 Å². The number of benzene rings is 1. The standard InChI is InChI=1S/C13H20N2O2S/c1-4-17-9(2)8-15-12-7-10(16-3)5-6-11(12)13(14)18/h5-7,9,15H,4,8H2,1-3H3,(H2,14,18). The molecule has 1 aromatic carbocycles. The highest BCUT2D eigenvalue weighted by Crippen LogP contribution is 2.22. The number of anilines is 1. The van der Waals surface area contributed by atoms with Gasteiger partial charge in [-0.25, -0.2) is 0 Å². The van der Waals surface area contributed by atoms with Crippen LogP contribution in [0.4, 0.5) is 5.69 Å². The van der Waals surface area contributed by atoms with Gasteiger partial charge in [0.05, 0.1) is 13.2 Å². The lowest BCUT2D eigenvalue weighted by atomic mass is 10.1. The molecule has 0 heterocycles. The van der Waals surface area contributed by atoms with E-state index in [1.54, 1.807) is 7.11 Å². The average molecular weight is 268 g/mol. The second kappa shape index (κ2) is 7.18. The number of nitrogens with one attached hydrogen (secondary N) is 1. The van der Waals surface area contributed by atoms with Crippen LogP contribution in [0.15, 0.2) is 18.2 Å². The minimum absolute atomic E-state index is 0.125. The third-order valence-electron chi connectivity index (χ3n) is 2.52. The van der Waals surface area contributed by atoms with E-state index in [4.69, 9.17) is 27.4 Å². The van der Waals surface area contributed by atoms with E-state index in [0.717, 1.165) is 17.0 Å². The fourth-order valence-electron chi connectivity index (χ4n) is 1.61. The van der Waals surface area contributed by atoms with Crippen molar-refractivity contribution in [3.63, 3.8) is 0 Å². The predicted molar refractivity (Wildman–Crippen MR) is 78.5 cm³/mol. The lowest BCUT2D eigenvalue weighted by Crippen LogP contribution is -2.21. The Labute approximate surface area is 113 Å². The molecule has 0 aliphatic carbocycles. The van der Waals surface area contributed by atoms with Gasteiger partial charge in [-0.2, -0.15) is 0 Å². The van der Waals surface area contributed by atoms with Crippen LogP contribution in [-0.4, -0.2) is 31.4 Å². The molecular formula is C13H20N2O2S. The summed E-state index contributed by atoms with van der Waals surface area (Å²) in [6.45, 7) is 5.37. The van der Waals surface area contributed by atoms with Gasteiger partial charge in [-0.15, -0.1) is 0 Å². The van der Waals surface area contributed by atoms with Gasteiger partial charge < -0.3 is 20.5 Å². The smallest absolute Gasteiger partial charge is 0.120 e. The van der Waals surface area contributed by atoms with Crippen molar-refractivity contribution in [2.45, 2.75) is 20.0 Å². The predicted octanol–water partition coefficient (Wildman–Crippen LogP) is 2.17. The molecule has 0 bridgehead atoms. The van der Waals surface area contributed by atoms with Crippen molar-refractivity contribution in [2.24, 2.45) is 5.73 Å². The zero-order valence-corrected chi connectivity index (χ0v) is 11.8. The Morgan fingerprint density at radius 1 is 1.50 bits per heavy atom. The first-order chi connectivity index (χ1) is 8.58. The molecule has 0 saturated heterocycles. The van der Waals surface area contributed by atoms with E-state index in [0.29, 0.717) is 18.1 Å². The van der Waals surface area contributed by atoms with E-state index in [-0.39, 0.29) is 6.10 Å². The van der Waals surface area contributed by atoms with E-state index >= 15 is 0 Å². The number of hydrogen-bond acceptors (Lipinski definition) is 4. The third kappa shape index (κ3) is 4.16. The Bertz CT molecular complexity index is 410. The minimum atomic E-state index is 0.125. The molecule has 1 rings (SSSR count). The molecule has 1 atom stereocenters. The maximum absolute atomic E-state index is 5.69. The van der Waals surface area contributed by atoms with Crippen LogP contribution < -0.4 is 15.8 Å². The zero-order chi connectivity index (χ0) is 13.5. The molecule has 0 radical (unpaired) electrons. The summed E-state index contributed by atoms with van der Waals surface area (Å²) in [5, 5.41) is 3.28. The topological polar surface area (TPSA) is 56.5 Å². The summed E-state index contributed by atoms with van der Waals surface area (Å²) in [6.07, 6.45) is 0.125. The highest BCUT2D eigenvalue weighted by atomic mass is 32.1. The SMILES string of the molecule is CCOC(C)CNc1cc(OC)ccc1C(N)=S. The summed E-state index contributed by atoms with van der Waals surface area (Å²) >= 11 is 5.03. The van der Waals surface area contributed by atoms with Gasteiger partial charge in [-0.1, -0.05) is 12.2 Å². The molecule has 18 heavy (non-hydrogen) atoms. The molecule has 3 N–H and O–H groups in total. The molecule has 100 valence electrons. The number of nitrogens with two attached hydrogens (primary N) is 1. The number of hydrogen-bond donors (Lipinski definition) is 2. The molecular weight excluding hydrogens is 248 g/mol. The van der Waals surface area contributed by atoms with E-state index in [2.05, 4.69) is 5.32 Å². The fourth-order valence-corrected chi connectivity index (χ4v) is 1.79. The average Bonchev–Trinajstić information content (AvgIpc) is 2.36. The molecule has 0 spiro atoms. The van der Waals surface area contributed by atoms with Crippen molar-refractivity contribution in [3.05, 3.63) is 23.8 Å². The molecule has 0 aliphatic heterocycles. The summed E-state index contributed by atoms with van der Waals surface area (Å²) in [5.41, 5.74) is 7.37. The normalized spacial score (nSPS) is 11.9. The molecule has 0 fully saturated rings. The Morgan fingerprint density at radius 2 is 2.22 bits per heavy atom. The summed E-state index contributed by atoms with van der Waals surface area (Å²) < 4.78 is 10.7. The zero-order valence-electron chi connectivity index (χ0n) is 11.0. The van der Waals surface area contributed by atoms with E-state index in [9.17, 15) is 0 Å². The monoisotopic (exact) mass is 268 g/mol. The van der Waals surface area contributed by atoms with Gasteiger partial charge in [-0.3, -0.25) is 0 Å². The molecule has 0 aromatic heterocycles. The highest BCUT2D eigenvalue weighted by Gasteiger charge is 2.08. The fraction of sp³-hybridized carbons (Fsp3) is 0.462. The van der Waals surface area contributed by atoms with Crippen molar-refractivity contribution in [3.8, 4) is 5.75 Å². The number of thiocarbonyl (C=S) groups is 1. The van der Waals surface area contributed by atoms with Crippen molar-refractivity contribution >= 4 is 22.9 Å². The maximum atomic E-state index is 5.69. The van der Waals surface area contributed by atoms with Gasteiger partial charge in [0, 0.05) is 30.5 Å². The molecule has 0 aliphatic rings. The third-order valence-corrected chi connectivity index (χ3v) is 2.74. The van der Waals surface area contributed by atoms with E-state index in [1.807, 2.05) is 32.0 Å². The van der Waals surface area contributed by atoms with Crippen LogP contribution in [-0.2, 0) is 4.74 Å². The number of methoxy groups -OCH3 is 1. The minimum Gasteiger partial charge on any atom is -0.497 e. The highest BCUT2D eigenvalue weighted by molar-refractivity contribution is 7.80. The Balaban J connectivity index is 2.80. The van der Waals surface area contributed by atoms with Crippen molar-refractivity contribution in [1.29, 1.82) is 0 Å². The first kappa shape index (κ1) is 14.7. The summed E-state index contributed by atoms with van der Waals surface area (Å²) in [5.74, 6) is 0.765. The van der Waals surface area contributed by atoms with Gasteiger partial charge >= 0.3 is 0 Å². The Kier molecular flexibility index (Phi) is 5.88. The lowest BCUT2D eigenvalue weighted by molar-refractivity contribution is 0.0855. The maximum Gasteiger partial charge on any atom is 0.120 e. The summed E-state index contributed by atoms with van der Waals surface area (Å²) in [4.78, 5) is 0.365. The van der Waals surface area contributed by atoms with Crippen molar-refractivity contribution < 1.29 is 9.47 Å². The molecule has 1 unspecified atom stereocenters. The molecule has 0 amide bonds.